The van der Waals surface area contributed by atoms with Crippen molar-refractivity contribution >= 4 is 5.97 Å². The largest absolute Gasteiger partial charge is 0.469 e. The number of hydrogen-bond acceptors (Lipinski definition) is 7. The number of carbonyl (C=O) groups excluding carboxylic acids is 1. The molecular weight excluding hydrogens is 280 g/mol. The van der Waals surface area contributed by atoms with Gasteiger partial charge >= 0.3 is 5.97 Å². The Morgan fingerprint density at radius 3 is 1.43 bits per heavy atom. The zero-order valence-electron chi connectivity index (χ0n) is 13.1. The van der Waals surface area contributed by atoms with Crippen LogP contribution >= 0.6 is 0 Å². The molecule has 0 aliphatic heterocycles. The average molecular weight is 308 g/mol. The van der Waals surface area contributed by atoms with Gasteiger partial charge in [-0.2, -0.15) is 0 Å². The maximum atomic E-state index is 10.8. The van der Waals surface area contributed by atoms with Gasteiger partial charge in [0.2, 0.25) is 0 Å². The Bertz CT molecular complexity index is 223. The normalized spacial score (nSPS) is 10.8. The molecule has 0 amide bonds. The molecule has 21 heavy (non-hydrogen) atoms. The van der Waals surface area contributed by atoms with Crippen molar-refractivity contribution in [3.8, 4) is 0 Å². The lowest BCUT2D eigenvalue weighted by atomic mass is 10.5. The molecule has 0 aliphatic carbocycles. The van der Waals surface area contributed by atoms with E-state index in [1.165, 1.54) is 7.11 Å². The van der Waals surface area contributed by atoms with Crippen molar-refractivity contribution in [2.75, 3.05) is 73.2 Å². The molecule has 0 atom stereocenters. The molecule has 0 heterocycles. The zero-order valence-corrected chi connectivity index (χ0v) is 13.1. The molecule has 7 nitrogen and oxygen atoms in total. The lowest BCUT2D eigenvalue weighted by molar-refractivity contribution is -0.141. The molecule has 0 unspecified atom stereocenters. The highest BCUT2D eigenvalue weighted by Crippen LogP contribution is 1.87. The Balaban J connectivity index is 2.98. The molecule has 0 saturated heterocycles. The van der Waals surface area contributed by atoms with Crippen LogP contribution in [0.3, 0.4) is 0 Å². The smallest absolute Gasteiger partial charge is 0.307 e. The molecule has 0 radical (unpaired) electrons. The average Bonchev–Trinajstić information content (AvgIpc) is 2.50. The van der Waals surface area contributed by atoms with E-state index in [1.807, 2.05) is 6.92 Å². The molecule has 0 aromatic heterocycles. The lowest BCUT2D eigenvalue weighted by Gasteiger charge is -2.07. The molecule has 7 heteroatoms. The third kappa shape index (κ3) is 17.2. The molecule has 0 spiro atoms. The van der Waals surface area contributed by atoms with Crippen LogP contribution in [-0.4, -0.2) is 79.1 Å². The summed E-state index contributed by atoms with van der Waals surface area (Å²) in [6.07, 6.45) is 0.267. The summed E-state index contributed by atoms with van der Waals surface area (Å²) >= 11 is 0. The summed E-state index contributed by atoms with van der Waals surface area (Å²) in [5.74, 6) is -0.271. The van der Waals surface area contributed by atoms with E-state index in [-0.39, 0.29) is 12.4 Å². The van der Waals surface area contributed by atoms with Crippen molar-refractivity contribution < 1.29 is 33.2 Å². The molecule has 0 fully saturated rings. The summed E-state index contributed by atoms with van der Waals surface area (Å²) in [6.45, 7) is 7.31. The maximum Gasteiger partial charge on any atom is 0.307 e. The Kier molecular flexibility index (Phi) is 16.7. The number of esters is 1. The molecule has 0 aromatic carbocycles. The van der Waals surface area contributed by atoms with E-state index < -0.39 is 0 Å². The Morgan fingerprint density at radius 2 is 1.05 bits per heavy atom. The Hall–Kier alpha value is -0.730. The minimum absolute atomic E-state index is 0.267. The third-order valence-corrected chi connectivity index (χ3v) is 2.37. The summed E-state index contributed by atoms with van der Waals surface area (Å²) in [5, 5.41) is 0. The van der Waals surface area contributed by atoms with Crippen LogP contribution in [-0.2, 0) is 33.2 Å². The molecule has 0 aromatic rings. The first kappa shape index (κ1) is 20.3. The van der Waals surface area contributed by atoms with E-state index in [9.17, 15) is 4.79 Å². The Morgan fingerprint density at radius 1 is 0.667 bits per heavy atom. The van der Waals surface area contributed by atoms with Gasteiger partial charge in [0.05, 0.1) is 73.0 Å². The van der Waals surface area contributed by atoms with E-state index in [0.29, 0.717) is 66.1 Å². The van der Waals surface area contributed by atoms with Crippen LogP contribution in [0.5, 0.6) is 0 Å². The van der Waals surface area contributed by atoms with Crippen molar-refractivity contribution in [1.29, 1.82) is 0 Å². The van der Waals surface area contributed by atoms with Gasteiger partial charge in [-0.25, -0.2) is 0 Å². The summed E-state index contributed by atoms with van der Waals surface area (Å²) in [7, 11) is 1.36. The lowest BCUT2D eigenvalue weighted by Crippen LogP contribution is -2.13. The van der Waals surface area contributed by atoms with Crippen molar-refractivity contribution in [2.24, 2.45) is 0 Å². The molecule has 0 N–H and O–H groups in total. The van der Waals surface area contributed by atoms with Crippen LogP contribution in [0, 0.1) is 0 Å². The van der Waals surface area contributed by atoms with Gasteiger partial charge in [0, 0.05) is 6.61 Å². The standard InChI is InChI=1S/C14H28O7/c1-3-17-6-7-19-10-11-21-13-12-20-9-8-18-5-4-14(15)16-2/h3-13H2,1-2H3. The van der Waals surface area contributed by atoms with Crippen LogP contribution in [0.25, 0.3) is 0 Å². The molecule has 0 aliphatic rings. The second kappa shape index (κ2) is 17.3. The highest BCUT2D eigenvalue weighted by atomic mass is 16.6. The van der Waals surface area contributed by atoms with Crippen molar-refractivity contribution in [3.05, 3.63) is 0 Å². The summed E-state index contributed by atoms with van der Waals surface area (Å²) in [6, 6.07) is 0. The first-order valence-corrected chi connectivity index (χ1v) is 7.26. The zero-order chi connectivity index (χ0) is 15.6. The van der Waals surface area contributed by atoms with Crippen molar-refractivity contribution in [3.63, 3.8) is 0 Å². The highest BCUT2D eigenvalue weighted by molar-refractivity contribution is 5.69. The van der Waals surface area contributed by atoms with Gasteiger partial charge < -0.3 is 28.4 Å². The number of hydrogen-bond donors (Lipinski definition) is 0. The van der Waals surface area contributed by atoms with Gasteiger partial charge in [-0.15, -0.1) is 0 Å². The van der Waals surface area contributed by atoms with E-state index in [2.05, 4.69) is 4.74 Å². The van der Waals surface area contributed by atoms with E-state index in [4.69, 9.17) is 23.7 Å². The number of ether oxygens (including phenoxy) is 6. The molecule has 0 saturated carbocycles. The number of carbonyl (C=O) groups is 1. The topological polar surface area (TPSA) is 72.5 Å². The molecule has 0 rings (SSSR count). The van der Waals surface area contributed by atoms with Gasteiger partial charge in [-0.1, -0.05) is 0 Å². The molecular formula is C14H28O7. The van der Waals surface area contributed by atoms with Crippen LogP contribution in [0.4, 0.5) is 0 Å². The van der Waals surface area contributed by atoms with Gasteiger partial charge in [0.25, 0.3) is 0 Å². The van der Waals surface area contributed by atoms with E-state index in [0.717, 1.165) is 0 Å². The predicted molar refractivity (Wildman–Crippen MR) is 76.4 cm³/mol. The minimum Gasteiger partial charge on any atom is -0.469 e. The van der Waals surface area contributed by atoms with Crippen LogP contribution in [0.2, 0.25) is 0 Å². The van der Waals surface area contributed by atoms with E-state index in [1.54, 1.807) is 0 Å². The number of rotatable bonds is 16. The Labute approximate surface area is 126 Å². The fourth-order valence-electron chi connectivity index (χ4n) is 1.28. The first-order valence-electron chi connectivity index (χ1n) is 7.26. The fraction of sp³-hybridized carbons (Fsp3) is 0.929. The summed E-state index contributed by atoms with van der Waals surface area (Å²) < 4.78 is 30.7. The van der Waals surface area contributed by atoms with E-state index >= 15 is 0 Å². The summed E-state index contributed by atoms with van der Waals surface area (Å²) in [4.78, 5) is 10.8. The third-order valence-electron chi connectivity index (χ3n) is 2.37. The van der Waals surface area contributed by atoms with Crippen LogP contribution in [0.15, 0.2) is 0 Å². The second-order valence-corrected chi connectivity index (χ2v) is 3.97. The molecule has 126 valence electrons. The van der Waals surface area contributed by atoms with Gasteiger partial charge in [-0.3, -0.25) is 4.79 Å². The maximum absolute atomic E-state index is 10.8. The quantitative estimate of drug-likeness (QED) is 0.306. The fourth-order valence-corrected chi connectivity index (χ4v) is 1.28. The highest BCUT2D eigenvalue weighted by Gasteiger charge is 1.99. The van der Waals surface area contributed by atoms with Gasteiger partial charge in [0.15, 0.2) is 0 Å². The van der Waals surface area contributed by atoms with Crippen molar-refractivity contribution in [1.82, 2.24) is 0 Å². The van der Waals surface area contributed by atoms with Crippen LogP contribution < -0.4 is 0 Å². The number of methoxy groups -OCH3 is 1. The van der Waals surface area contributed by atoms with Crippen LogP contribution in [0.1, 0.15) is 13.3 Å². The molecule has 0 bridgehead atoms. The van der Waals surface area contributed by atoms with Crippen molar-refractivity contribution in [2.45, 2.75) is 13.3 Å². The summed E-state index contributed by atoms with van der Waals surface area (Å²) in [5.41, 5.74) is 0. The van der Waals surface area contributed by atoms with Gasteiger partial charge in [-0.05, 0) is 6.92 Å². The minimum atomic E-state index is -0.271. The predicted octanol–water partition coefficient (Wildman–Crippen LogP) is 0.652. The SMILES string of the molecule is CCOCCOCCOCCOCCOCCC(=O)OC. The monoisotopic (exact) mass is 308 g/mol. The van der Waals surface area contributed by atoms with Gasteiger partial charge in [0.1, 0.15) is 0 Å². The second-order valence-electron chi connectivity index (χ2n) is 3.97. The first-order chi connectivity index (χ1) is 10.3.